The maximum Gasteiger partial charge on any atom is 0.0438 e. The molecule has 140 valence electrons. The molecule has 0 saturated carbocycles. The number of hydrogen-bond donors (Lipinski definition) is 1. The predicted octanol–water partition coefficient (Wildman–Crippen LogP) is 7.22. The average molecular weight is 345 g/mol. The Hall–Kier alpha value is 0.310. The van der Waals surface area contributed by atoms with Gasteiger partial charge in [-0.3, -0.25) is 0 Å². The van der Waals surface area contributed by atoms with Crippen LogP contribution in [0, 0.1) is 5.41 Å². The van der Waals surface area contributed by atoms with Crippen LogP contribution in [0.5, 0.6) is 0 Å². The third-order valence-electron chi connectivity index (χ3n) is 4.41. The molecule has 0 aliphatic heterocycles. The van der Waals surface area contributed by atoms with E-state index in [9.17, 15) is 0 Å². The number of hydrogen-bond acceptors (Lipinski definition) is 2. The Labute approximate surface area is 151 Å². The van der Waals surface area contributed by atoms with Gasteiger partial charge in [-0.05, 0) is 36.2 Å². The van der Waals surface area contributed by atoms with Crippen LogP contribution in [0.1, 0.15) is 111 Å². The first-order chi connectivity index (χ1) is 11.1. The molecule has 0 atom stereocenters. The largest absolute Gasteiger partial charge is 0.396 e. The average Bonchev–Trinajstić information content (AvgIpc) is 2.49. The summed E-state index contributed by atoms with van der Waals surface area (Å²) in [5.41, 5.74) is 0.526. The van der Waals surface area contributed by atoms with Crippen LogP contribution in [0.3, 0.4) is 0 Å². The van der Waals surface area contributed by atoms with Gasteiger partial charge in [-0.25, -0.2) is 0 Å². The second kappa shape index (κ2) is 17.1. The molecule has 2 heteroatoms. The molecule has 0 aromatic rings. The molecule has 0 aromatic carbocycles. The van der Waals surface area contributed by atoms with Gasteiger partial charge in [-0.2, -0.15) is 11.8 Å². The van der Waals surface area contributed by atoms with Crippen LogP contribution in [0.15, 0.2) is 0 Å². The highest BCUT2D eigenvalue weighted by molar-refractivity contribution is 7.99. The maximum absolute atomic E-state index is 8.70. The lowest BCUT2D eigenvalue weighted by Gasteiger charge is -2.17. The molecule has 0 fully saturated rings. The van der Waals surface area contributed by atoms with Gasteiger partial charge < -0.3 is 5.11 Å². The van der Waals surface area contributed by atoms with Crippen molar-refractivity contribution < 1.29 is 5.11 Å². The van der Waals surface area contributed by atoms with E-state index in [2.05, 4.69) is 20.8 Å². The Morgan fingerprint density at radius 2 is 0.957 bits per heavy atom. The van der Waals surface area contributed by atoms with Gasteiger partial charge in [0, 0.05) is 6.61 Å². The summed E-state index contributed by atoms with van der Waals surface area (Å²) in [6.07, 6.45) is 19.5. The molecule has 0 heterocycles. The summed E-state index contributed by atoms with van der Waals surface area (Å²) in [6.45, 7) is 7.40. The number of aliphatic hydroxyl groups excluding tert-OH is 1. The summed E-state index contributed by atoms with van der Waals surface area (Å²) in [5, 5.41) is 8.70. The van der Waals surface area contributed by atoms with E-state index < -0.39 is 0 Å². The number of thioether (sulfide) groups is 1. The van der Waals surface area contributed by atoms with Crippen molar-refractivity contribution in [2.75, 3.05) is 18.1 Å². The van der Waals surface area contributed by atoms with Gasteiger partial charge in [0.15, 0.2) is 0 Å². The smallest absolute Gasteiger partial charge is 0.0438 e. The van der Waals surface area contributed by atoms with E-state index in [1.807, 2.05) is 11.8 Å². The van der Waals surface area contributed by atoms with Crippen LogP contribution < -0.4 is 0 Å². The molecule has 0 amide bonds. The van der Waals surface area contributed by atoms with Gasteiger partial charge in [0.1, 0.15) is 0 Å². The first-order valence-corrected chi connectivity index (χ1v) is 11.4. The van der Waals surface area contributed by atoms with Crippen molar-refractivity contribution in [2.24, 2.45) is 5.41 Å². The summed E-state index contributed by atoms with van der Waals surface area (Å²) in [5.74, 6) is 2.42. The van der Waals surface area contributed by atoms with Crippen molar-refractivity contribution in [3.8, 4) is 0 Å². The van der Waals surface area contributed by atoms with Crippen LogP contribution >= 0.6 is 11.8 Å². The molecule has 0 aliphatic rings. The van der Waals surface area contributed by atoms with Gasteiger partial charge in [-0.15, -0.1) is 0 Å². The van der Waals surface area contributed by atoms with Crippen LogP contribution in [0.2, 0.25) is 0 Å². The minimum atomic E-state index is 0.351. The third kappa shape index (κ3) is 22.3. The molecule has 0 bridgehead atoms. The van der Waals surface area contributed by atoms with Gasteiger partial charge in [0.2, 0.25) is 0 Å². The highest BCUT2D eigenvalue weighted by Crippen LogP contribution is 2.22. The zero-order chi connectivity index (χ0) is 17.2. The molecule has 0 saturated heterocycles. The molecule has 1 N–H and O–H groups in total. The highest BCUT2D eigenvalue weighted by Gasteiger charge is 2.08. The van der Waals surface area contributed by atoms with Crippen LogP contribution in [0.25, 0.3) is 0 Å². The van der Waals surface area contributed by atoms with E-state index >= 15 is 0 Å². The van der Waals surface area contributed by atoms with Crippen molar-refractivity contribution in [1.29, 1.82) is 0 Å². The van der Waals surface area contributed by atoms with E-state index in [-0.39, 0.29) is 0 Å². The molecular weight excluding hydrogens is 300 g/mol. The lowest BCUT2D eigenvalue weighted by atomic mass is 9.89. The monoisotopic (exact) mass is 344 g/mol. The predicted molar refractivity (Wildman–Crippen MR) is 109 cm³/mol. The van der Waals surface area contributed by atoms with Crippen molar-refractivity contribution in [3.63, 3.8) is 0 Å². The van der Waals surface area contributed by atoms with Gasteiger partial charge >= 0.3 is 0 Å². The normalized spacial score (nSPS) is 12.0. The fraction of sp³-hybridized carbons (Fsp3) is 1.00. The molecule has 1 nitrogen and oxygen atoms in total. The van der Waals surface area contributed by atoms with E-state index in [1.54, 1.807) is 0 Å². The molecule has 0 unspecified atom stereocenters. The maximum atomic E-state index is 8.70. The summed E-state index contributed by atoms with van der Waals surface area (Å²) in [7, 11) is 0. The number of unbranched alkanes of at least 4 members (excludes halogenated alkanes) is 11. The lowest BCUT2D eigenvalue weighted by Crippen LogP contribution is -2.03. The van der Waals surface area contributed by atoms with Crippen LogP contribution in [0.4, 0.5) is 0 Å². The molecule has 23 heavy (non-hydrogen) atoms. The topological polar surface area (TPSA) is 20.2 Å². The molecule has 0 aromatic heterocycles. The SMILES string of the molecule is CC(C)(C)CCCCCCCCCCCCCCSCCCO. The van der Waals surface area contributed by atoms with E-state index in [0.717, 1.165) is 12.2 Å². The first kappa shape index (κ1) is 23.3. The lowest BCUT2D eigenvalue weighted by molar-refractivity contribution is 0.296. The minimum absolute atomic E-state index is 0.351. The fourth-order valence-corrected chi connectivity index (χ4v) is 3.84. The highest BCUT2D eigenvalue weighted by atomic mass is 32.2. The molecular formula is C21H44OS. The molecule has 0 rings (SSSR count). The van der Waals surface area contributed by atoms with Crippen molar-refractivity contribution >= 4 is 11.8 Å². The summed E-state index contributed by atoms with van der Waals surface area (Å²) >= 11 is 2.00. The Balaban J connectivity index is 3.00. The van der Waals surface area contributed by atoms with Crippen molar-refractivity contribution in [3.05, 3.63) is 0 Å². The van der Waals surface area contributed by atoms with Crippen molar-refractivity contribution in [2.45, 2.75) is 111 Å². The third-order valence-corrected chi connectivity index (χ3v) is 5.57. The van der Waals surface area contributed by atoms with Crippen LogP contribution in [-0.4, -0.2) is 23.2 Å². The van der Waals surface area contributed by atoms with Gasteiger partial charge in [0.25, 0.3) is 0 Å². The number of aliphatic hydroxyl groups is 1. The second-order valence-corrected chi connectivity index (χ2v) is 9.47. The standard InChI is InChI=1S/C21H44OS/c1-21(2,3)17-14-12-10-8-6-4-5-7-9-11-13-15-19-23-20-16-18-22/h22H,4-20H2,1-3H3. The Morgan fingerprint density at radius 1 is 0.565 bits per heavy atom. The zero-order valence-electron chi connectivity index (χ0n) is 16.4. The Kier molecular flexibility index (Phi) is 17.4. The fourth-order valence-electron chi connectivity index (χ4n) is 2.90. The van der Waals surface area contributed by atoms with E-state index in [0.29, 0.717) is 12.0 Å². The molecule has 0 radical (unpaired) electrons. The van der Waals surface area contributed by atoms with E-state index in [4.69, 9.17) is 5.11 Å². The summed E-state index contributed by atoms with van der Waals surface area (Å²) in [6, 6.07) is 0. The zero-order valence-corrected chi connectivity index (χ0v) is 17.2. The summed E-state index contributed by atoms with van der Waals surface area (Å²) < 4.78 is 0. The van der Waals surface area contributed by atoms with Crippen molar-refractivity contribution in [1.82, 2.24) is 0 Å². The quantitative estimate of drug-likeness (QED) is 0.281. The van der Waals surface area contributed by atoms with Gasteiger partial charge in [0.05, 0.1) is 0 Å². The second-order valence-electron chi connectivity index (χ2n) is 8.24. The van der Waals surface area contributed by atoms with E-state index in [1.165, 1.54) is 89.2 Å². The molecule has 0 aliphatic carbocycles. The Morgan fingerprint density at radius 3 is 1.39 bits per heavy atom. The number of rotatable bonds is 17. The minimum Gasteiger partial charge on any atom is -0.396 e. The molecule has 0 spiro atoms. The van der Waals surface area contributed by atoms with Crippen LogP contribution in [-0.2, 0) is 0 Å². The first-order valence-electron chi connectivity index (χ1n) is 10.2. The Bertz CT molecular complexity index is 222. The summed E-state index contributed by atoms with van der Waals surface area (Å²) in [4.78, 5) is 0. The van der Waals surface area contributed by atoms with Gasteiger partial charge in [-0.1, -0.05) is 91.4 Å².